The largest absolute Gasteiger partial charge is 0.479 e. The maximum absolute atomic E-state index is 10.7. The van der Waals surface area contributed by atoms with Gasteiger partial charge in [0.2, 0.25) is 0 Å². The third-order valence-electron chi connectivity index (χ3n) is 2.02. The van der Waals surface area contributed by atoms with Crippen LogP contribution in [0.2, 0.25) is 0 Å². The van der Waals surface area contributed by atoms with Crippen LogP contribution in [0, 0.1) is 0 Å². The van der Waals surface area contributed by atoms with E-state index >= 15 is 0 Å². The predicted octanol–water partition coefficient (Wildman–Crippen LogP) is 1.64. The van der Waals surface area contributed by atoms with Crippen LogP contribution in [0.15, 0.2) is 0 Å². The van der Waals surface area contributed by atoms with E-state index in [0.29, 0.717) is 19.1 Å². The van der Waals surface area contributed by atoms with Crippen LogP contribution < -0.4 is 5.32 Å². The molecule has 0 rings (SSSR count). The van der Waals surface area contributed by atoms with Crippen LogP contribution in [-0.2, 0) is 9.53 Å². The van der Waals surface area contributed by atoms with Crippen LogP contribution in [0.1, 0.15) is 40.0 Å². The van der Waals surface area contributed by atoms with Crippen molar-refractivity contribution in [3.63, 3.8) is 0 Å². The first-order valence-electron chi connectivity index (χ1n) is 5.65. The highest BCUT2D eigenvalue weighted by Gasteiger charge is 2.15. The standard InChI is InChI=1S/C11H23NO3/c1-4-6-10(11(13)14)15-8-5-7-12-9(2)3/h9-10,12H,4-8H2,1-3H3,(H,13,14). The second kappa shape index (κ2) is 8.68. The number of carboxylic acid groups (broad SMARTS) is 1. The summed E-state index contributed by atoms with van der Waals surface area (Å²) in [6.07, 6.45) is 1.65. The van der Waals surface area contributed by atoms with Crippen LogP contribution in [-0.4, -0.2) is 36.4 Å². The minimum Gasteiger partial charge on any atom is -0.479 e. The van der Waals surface area contributed by atoms with Crippen LogP contribution in [0.5, 0.6) is 0 Å². The molecule has 1 atom stereocenters. The summed E-state index contributed by atoms with van der Waals surface area (Å²) in [6.45, 7) is 7.50. The molecule has 0 saturated heterocycles. The first-order chi connectivity index (χ1) is 7.07. The molecule has 0 aliphatic carbocycles. The molecule has 0 radical (unpaired) electrons. The first kappa shape index (κ1) is 14.4. The molecule has 0 aliphatic rings. The van der Waals surface area contributed by atoms with Crippen molar-refractivity contribution in [3.8, 4) is 0 Å². The van der Waals surface area contributed by atoms with Crippen LogP contribution in [0.3, 0.4) is 0 Å². The van der Waals surface area contributed by atoms with Crippen molar-refractivity contribution in [2.75, 3.05) is 13.2 Å². The Labute approximate surface area is 92.0 Å². The van der Waals surface area contributed by atoms with Crippen molar-refractivity contribution in [2.45, 2.75) is 52.2 Å². The summed E-state index contributed by atoms with van der Waals surface area (Å²) in [6, 6.07) is 0.468. The van der Waals surface area contributed by atoms with Crippen molar-refractivity contribution in [1.29, 1.82) is 0 Å². The van der Waals surface area contributed by atoms with Gasteiger partial charge in [-0.25, -0.2) is 4.79 Å². The van der Waals surface area contributed by atoms with Crippen LogP contribution in [0.25, 0.3) is 0 Å². The van der Waals surface area contributed by atoms with E-state index in [-0.39, 0.29) is 0 Å². The van der Waals surface area contributed by atoms with E-state index in [1.807, 2.05) is 6.92 Å². The summed E-state index contributed by atoms with van der Waals surface area (Å²) in [5.41, 5.74) is 0. The summed E-state index contributed by atoms with van der Waals surface area (Å²) in [7, 11) is 0. The monoisotopic (exact) mass is 217 g/mol. The smallest absolute Gasteiger partial charge is 0.332 e. The van der Waals surface area contributed by atoms with Crippen molar-refractivity contribution in [2.24, 2.45) is 0 Å². The zero-order valence-corrected chi connectivity index (χ0v) is 9.95. The van der Waals surface area contributed by atoms with Crippen LogP contribution >= 0.6 is 0 Å². The van der Waals surface area contributed by atoms with Gasteiger partial charge in [0.1, 0.15) is 0 Å². The molecule has 4 nitrogen and oxygen atoms in total. The molecule has 0 heterocycles. The lowest BCUT2D eigenvalue weighted by Gasteiger charge is -2.13. The van der Waals surface area contributed by atoms with E-state index in [2.05, 4.69) is 19.2 Å². The average Bonchev–Trinajstić information content (AvgIpc) is 2.15. The van der Waals surface area contributed by atoms with Gasteiger partial charge in [-0.2, -0.15) is 0 Å². The Kier molecular flexibility index (Phi) is 8.33. The number of hydrogen-bond donors (Lipinski definition) is 2. The Hall–Kier alpha value is -0.610. The molecule has 90 valence electrons. The Morgan fingerprint density at radius 1 is 1.47 bits per heavy atom. The summed E-state index contributed by atoms with van der Waals surface area (Å²) >= 11 is 0. The second-order valence-electron chi connectivity index (χ2n) is 3.95. The van der Waals surface area contributed by atoms with Gasteiger partial charge in [0.25, 0.3) is 0 Å². The Balaban J connectivity index is 3.49. The molecular formula is C11H23NO3. The van der Waals surface area contributed by atoms with Gasteiger partial charge in [-0.3, -0.25) is 0 Å². The maximum atomic E-state index is 10.7. The highest BCUT2D eigenvalue weighted by atomic mass is 16.5. The SMILES string of the molecule is CCCC(OCCCNC(C)C)C(=O)O. The molecule has 0 fully saturated rings. The van der Waals surface area contributed by atoms with Gasteiger partial charge in [0.15, 0.2) is 6.10 Å². The van der Waals surface area contributed by atoms with Gasteiger partial charge >= 0.3 is 5.97 Å². The van der Waals surface area contributed by atoms with Crippen molar-refractivity contribution in [1.82, 2.24) is 5.32 Å². The number of aliphatic carboxylic acids is 1. The van der Waals surface area contributed by atoms with Gasteiger partial charge in [-0.1, -0.05) is 27.2 Å². The van der Waals surface area contributed by atoms with Gasteiger partial charge in [-0.15, -0.1) is 0 Å². The molecule has 0 aliphatic heterocycles. The number of carboxylic acids is 1. The van der Waals surface area contributed by atoms with E-state index in [1.165, 1.54) is 0 Å². The van der Waals surface area contributed by atoms with Gasteiger partial charge in [0.05, 0.1) is 0 Å². The summed E-state index contributed by atoms with van der Waals surface area (Å²) in [5, 5.41) is 12.1. The first-order valence-corrected chi connectivity index (χ1v) is 5.65. The highest BCUT2D eigenvalue weighted by Crippen LogP contribution is 2.02. The molecular weight excluding hydrogens is 194 g/mol. The quantitative estimate of drug-likeness (QED) is 0.576. The molecule has 1 unspecified atom stereocenters. The van der Waals surface area contributed by atoms with Gasteiger partial charge in [-0.05, 0) is 19.4 Å². The Morgan fingerprint density at radius 2 is 2.13 bits per heavy atom. The van der Waals surface area contributed by atoms with Crippen molar-refractivity contribution >= 4 is 5.97 Å². The molecule has 0 saturated carbocycles. The Bertz CT molecular complexity index is 171. The lowest BCUT2D eigenvalue weighted by atomic mass is 10.2. The van der Waals surface area contributed by atoms with E-state index in [9.17, 15) is 4.79 Å². The van der Waals surface area contributed by atoms with E-state index in [1.54, 1.807) is 0 Å². The highest BCUT2D eigenvalue weighted by molar-refractivity contribution is 5.72. The van der Waals surface area contributed by atoms with Gasteiger partial charge in [0, 0.05) is 12.6 Å². The van der Waals surface area contributed by atoms with E-state index in [0.717, 1.165) is 19.4 Å². The van der Waals surface area contributed by atoms with E-state index < -0.39 is 12.1 Å². The lowest BCUT2D eigenvalue weighted by molar-refractivity contribution is -0.150. The lowest BCUT2D eigenvalue weighted by Crippen LogP contribution is -2.27. The average molecular weight is 217 g/mol. The number of nitrogens with one attached hydrogen (secondary N) is 1. The maximum Gasteiger partial charge on any atom is 0.332 e. The van der Waals surface area contributed by atoms with Crippen molar-refractivity contribution in [3.05, 3.63) is 0 Å². The fraction of sp³-hybridized carbons (Fsp3) is 0.909. The molecule has 0 amide bonds. The molecule has 0 aromatic heterocycles. The number of hydrogen-bond acceptors (Lipinski definition) is 3. The number of carbonyl (C=O) groups is 1. The van der Waals surface area contributed by atoms with Gasteiger partial charge < -0.3 is 15.2 Å². The zero-order valence-electron chi connectivity index (χ0n) is 9.95. The third-order valence-corrected chi connectivity index (χ3v) is 2.02. The third kappa shape index (κ3) is 8.39. The van der Waals surface area contributed by atoms with Crippen molar-refractivity contribution < 1.29 is 14.6 Å². The van der Waals surface area contributed by atoms with Crippen LogP contribution in [0.4, 0.5) is 0 Å². The molecule has 0 bridgehead atoms. The normalized spacial score (nSPS) is 13.1. The molecule has 0 spiro atoms. The summed E-state index contributed by atoms with van der Waals surface area (Å²) in [4.78, 5) is 10.7. The fourth-order valence-corrected chi connectivity index (χ4v) is 1.23. The molecule has 0 aromatic carbocycles. The predicted molar refractivity (Wildman–Crippen MR) is 60.0 cm³/mol. The molecule has 15 heavy (non-hydrogen) atoms. The molecule has 0 aromatic rings. The number of rotatable bonds is 9. The summed E-state index contributed by atoms with van der Waals surface area (Å²) in [5.74, 6) is -0.853. The molecule has 2 N–H and O–H groups in total. The minimum atomic E-state index is -0.853. The van der Waals surface area contributed by atoms with E-state index in [4.69, 9.17) is 9.84 Å². The Morgan fingerprint density at radius 3 is 2.60 bits per heavy atom. The minimum absolute atomic E-state index is 0.468. The fourth-order valence-electron chi connectivity index (χ4n) is 1.23. The molecule has 4 heteroatoms. The number of ether oxygens (including phenoxy) is 1. The zero-order chi connectivity index (χ0) is 11.7. The second-order valence-corrected chi connectivity index (χ2v) is 3.95. The summed E-state index contributed by atoms with van der Waals surface area (Å²) < 4.78 is 5.29. The topological polar surface area (TPSA) is 58.6 Å².